The Labute approximate surface area is 339 Å². The lowest BCUT2D eigenvalue weighted by Crippen LogP contribution is -2.64. The monoisotopic (exact) mass is 799 g/mol. The molecule has 0 aromatic carbocycles. The Morgan fingerprint density at radius 1 is 0.947 bits per heavy atom. The van der Waals surface area contributed by atoms with Crippen molar-refractivity contribution in [2.45, 2.75) is 160 Å². The van der Waals surface area contributed by atoms with Gasteiger partial charge < -0.3 is 39.2 Å². The standard InChI is InChI=1S/C45H69NO11/c1-9-12-31-18-25(2)17-26(3)19-38(54-7)41-39(55-8)21-28(5)45(53,57-41)42(50)43(51)46-16-11-10-13-34(46)44(52)56-40(29(6)36(48)24-37(31)49)27(4)20-32-23-33-22-30(32)14-15-35(33)47/h9,18,20,26,28-36,38-41,47-48,53H,1,10-17,19,21-24H2,2-8H3/b25-18+,27-20+/t26-,28+,29+,30?,31+,32?,33?,34-,35?,36-,38-,39-,40-,41+,45+/m0/s1. The van der Waals surface area contributed by atoms with Crippen molar-refractivity contribution in [1.29, 1.82) is 0 Å². The van der Waals surface area contributed by atoms with Gasteiger partial charge in [0.15, 0.2) is 0 Å². The minimum absolute atomic E-state index is 0.0201. The predicted octanol–water partition coefficient (Wildman–Crippen LogP) is 5.26. The first-order valence-electron chi connectivity index (χ1n) is 21.4. The highest BCUT2D eigenvalue weighted by Crippen LogP contribution is 2.47. The predicted molar refractivity (Wildman–Crippen MR) is 213 cm³/mol. The van der Waals surface area contributed by atoms with E-state index >= 15 is 0 Å². The number of methoxy groups -OCH3 is 2. The zero-order chi connectivity index (χ0) is 41.8. The summed E-state index contributed by atoms with van der Waals surface area (Å²) in [6, 6.07) is -1.12. The summed E-state index contributed by atoms with van der Waals surface area (Å²) in [5.41, 5.74) is 1.70. The van der Waals surface area contributed by atoms with E-state index in [0.29, 0.717) is 38.0 Å². The Morgan fingerprint density at radius 2 is 1.65 bits per heavy atom. The van der Waals surface area contributed by atoms with Crippen LogP contribution in [-0.2, 0) is 38.1 Å². The van der Waals surface area contributed by atoms with Gasteiger partial charge in [-0.15, -0.1) is 6.58 Å². The third kappa shape index (κ3) is 10.2. The largest absolute Gasteiger partial charge is 0.456 e. The lowest BCUT2D eigenvalue weighted by atomic mass is 9.82. The number of amides is 1. The van der Waals surface area contributed by atoms with Gasteiger partial charge in [-0.05, 0) is 114 Å². The summed E-state index contributed by atoms with van der Waals surface area (Å²) in [6.07, 6.45) is 7.62. The number of carbonyl (C=O) groups is 4. The lowest BCUT2D eigenvalue weighted by molar-refractivity contribution is -0.302. The van der Waals surface area contributed by atoms with Crippen molar-refractivity contribution >= 4 is 23.4 Å². The van der Waals surface area contributed by atoms with Crippen LogP contribution in [0.15, 0.2) is 36.0 Å². The number of rotatable bonds is 6. The molecule has 12 heteroatoms. The van der Waals surface area contributed by atoms with Gasteiger partial charge >= 0.3 is 5.97 Å². The molecular weight excluding hydrogens is 730 g/mol. The summed E-state index contributed by atoms with van der Waals surface area (Å²) in [5.74, 6) is -6.79. The number of aliphatic hydroxyl groups is 3. The number of fused-ring (bicyclic) bond motifs is 5. The summed E-state index contributed by atoms with van der Waals surface area (Å²) in [7, 11) is 3.07. The molecule has 0 aromatic heterocycles. The zero-order valence-electron chi connectivity index (χ0n) is 35.3. The molecule has 5 rings (SSSR count). The van der Waals surface area contributed by atoms with Crippen LogP contribution in [0.4, 0.5) is 0 Å². The fraction of sp³-hybridized carbons (Fsp3) is 0.778. The highest BCUT2D eigenvalue weighted by atomic mass is 16.7. The number of ether oxygens (including phenoxy) is 4. The molecule has 0 spiro atoms. The van der Waals surface area contributed by atoms with Gasteiger partial charge in [0.05, 0.1) is 24.4 Å². The molecule has 5 aliphatic rings. The summed E-state index contributed by atoms with van der Waals surface area (Å²) in [5, 5.41) is 34.4. The van der Waals surface area contributed by atoms with Gasteiger partial charge in [-0.3, -0.25) is 14.4 Å². The zero-order valence-corrected chi connectivity index (χ0v) is 35.3. The van der Waals surface area contributed by atoms with Crippen molar-refractivity contribution in [2.24, 2.45) is 41.4 Å². The fourth-order valence-corrected chi connectivity index (χ4v) is 10.5. The van der Waals surface area contributed by atoms with Crippen molar-refractivity contribution in [3.63, 3.8) is 0 Å². The lowest BCUT2D eigenvalue weighted by Gasteiger charge is -2.47. The highest BCUT2D eigenvalue weighted by molar-refractivity contribution is 6.39. The molecule has 57 heavy (non-hydrogen) atoms. The summed E-state index contributed by atoms with van der Waals surface area (Å²) >= 11 is 0. The second-order valence-corrected chi connectivity index (χ2v) is 18.2. The molecule has 3 aliphatic heterocycles. The van der Waals surface area contributed by atoms with E-state index < -0.39 is 77.8 Å². The SMILES string of the molecule is C=CC[C@@H]1/C=C(\C)C[C@H](C)C[C@H](OC)[C@H]2O[C@@](O)(C(=O)C(=O)N3CCCC[C@H]3C(=O)O[C@@H](/C(C)=C/C3CC4CC3CCC4O)[C@H](C)[C@@H](O)CC1=O)[C@H](C)C[C@@H]2OC. The fourth-order valence-electron chi connectivity index (χ4n) is 10.5. The number of cyclic esters (lactones) is 1. The van der Waals surface area contributed by atoms with Crippen LogP contribution < -0.4 is 0 Å². The number of hydrogen-bond acceptors (Lipinski definition) is 11. The van der Waals surface area contributed by atoms with Gasteiger partial charge in [-0.25, -0.2) is 4.79 Å². The van der Waals surface area contributed by atoms with E-state index in [2.05, 4.69) is 12.7 Å². The number of hydrogen-bond donors (Lipinski definition) is 3. The first kappa shape index (κ1) is 45.3. The summed E-state index contributed by atoms with van der Waals surface area (Å²) in [6.45, 7) is 13.3. The van der Waals surface area contributed by atoms with E-state index in [1.165, 1.54) is 19.1 Å². The highest BCUT2D eigenvalue weighted by Gasteiger charge is 2.56. The number of carbonyl (C=O) groups excluding carboxylic acids is 4. The second kappa shape index (κ2) is 19.5. The Hall–Kier alpha value is -2.74. The van der Waals surface area contributed by atoms with Crippen LogP contribution in [0.25, 0.3) is 0 Å². The van der Waals surface area contributed by atoms with Crippen LogP contribution in [0.5, 0.6) is 0 Å². The molecule has 3 heterocycles. The average Bonchev–Trinajstić information content (AvgIpc) is 3.52. The van der Waals surface area contributed by atoms with Crippen LogP contribution in [0.3, 0.4) is 0 Å². The van der Waals surface area contributed by atoms with Crippen molar-refractivity contribution in [1.82, 2.24) is 4.90 Å². The van der Waals surface area contributed by atoms with E-state index in [1.54, 1.807) is 19.9 Å². The van der Waals surface area contributed by atoms with E-state index in [-0.39, 0.29) is 55.4 Å². The van der Waals surface area contributed by atoms with Crippen molar-refractivity contribution in [3.05, 3.63) is 36.0 Å². The van der Waals surface area contributed by atoms with E-state index in [1.807, 2.05) is 26.8 Å². The van der Waals surface area contributed by atoms with E-state index in [0.717, 1.165) is 36.8 Å². The second-order valence-electron chi connectivity index (χ2n) is 18.2. The molecule has 3 N–H and O–H groups in total. The number of piperidine rings is 1. The average molecular weight is 800 g/mol. The molecule has 15 atom stereocenters. The van der Waals surface area contributed by atoms with Gasteiger partial charge in [0.2, 0.25) is 5.79 Å². The van der Waals surface area contributed by atoms with Crippen LogP contribution in [0.1, 0.15) is 112 Å². The molecule has 4 bridgehead atoms. The number of nitrogens with zero attached hydrogens (tertiary/aromatic N) is 1. The minimum atomic E-state index is -2.50. The van der Waals surface area contributed by atoms with Gasteiger partial charge in [-0.1, -0.05) is 44.6 Å². The van der Waals surface area contributed by atoms with Gasteiger partial charge in [0.1, 0.15) is 24.0 Å². The quantitative estimate of drug-likeness (QED) is 0.182. The van der Waals surface area contributed by atoms with Crippen molar-refractivity contribution < 1.29 is 53.4 Å². The first-order chi connectivity index (χ1) is 27.0. The van der Waals surface area contributed by atoms with Crippen LogP contribution in [0.2, 0.25) is 0 Å². The topological polar surface area (TPSA) is 169 Å². The number of allylic oxidation sites excluding steroid dienone is 4. The van der Waals surface area contributed by atoms with Gasteiger partial charge in [0.25, 0.3) is 11.7 Å². The van der Waals surface area contributed by atoms with Crippen LogP contribution in [0, 0.1) is 41.4 Å². The maximum Gasteiger partial charge on any atom is 0.329 e. The molecule has 2 aliphatic carbocycles. The van der Waals surface area contributed by atoms with E-state index in [4.69, 9.17) is 18.9 Å². The molecule has 2 saturated heterocycles. The number of Topliss-reactive ketones (excluding diaryl/α,β-unsaturated/α-hetero) is 2. The smallest absolute Gasteiger partial charge is 0.329 e. The first-order valence-corrected chi connectivity index (χ1v) is 21.4. The molecule has 1 amide bonds. The molecule has 12 nitrogen and oxygen atoms in total. The molecule has 2 saturated carbocycles. The van der Waals surface area contributed by atoms with Crippen LogP contribution in [-0.4, -0.2) is 113 Å². The maximum absolute atomic E-state index is 14.4. The Bertz CT molecular complexity index is 1530. The molecule has 4 unspecified atom stereocenters. The van der Waals surface area contributed by atoms with Gasteiger partial charge in [-0.2, -0.15) is 0 Å². The molecule has 0 radical (unpaired) electrons. The molecule has 0 aromatic rings. The Kier molecular flexibility index (Phi) is 15.6. The number of aliphatic hydroxyl groups excluding tert-OH is 2. The molecule has 4 fully saturated rings. The summed E-state index contributed by atoms with van der Waals surface area (Å²) in [4.78, 5) is 58.0. The minimum Gasteiger partial charge on any atom is -0.456 e. The normalized spacial score (nSPS) is 43.0. The summed E-state index contributed by atoms with van der Waals surface area (Å²) < 4.78 is 24.3. The maximum atomic E-state index is 14.4. The van der Waals surface area contributed by atoms with E-state index in [9.17, 15) is 34.5 Å². The molecular formula is C45H69NO11. The van der Waals surface area contributed by atoms with Gasteiger partial charge in [0, 0.05) is 44.9 Å². The van der Waals surface area contributed by atoms with Crippen molar-refractivity contribution in [3.8, 4) is 0 Å². The number of ketones is 2. The van der Waals surface area contributed by atoms with Crippen LogP contribution >= 0.6 is 0 Å². The Balaban J connectivity index is 1.54. The van der Waals surface area contributed by atoms with Crippen molar-refractivity contribution in [2.75, 3.05) is 20.8 Å². The third-order valence-corrected chi connectivity index (χ3v) is 13.9. The Morgan fingerprint density at radius 3 is 2.32 bits per heavy atom. The number of esters is 1. The third-order valence-electron chi connectivity index (χ3n) is 13.9. The molecule has 320 valence electrons.